The molecular formula is C14H16BrF3N2O. The molecule has 0 atom stereocenters. The number of piperazine rings is 1. The maximum Gasteiger partial charge on any atom is 0.417 e. The van der Waals surface area contributed by atoms with Crippen LogP contribution in [0.1, 0.15) is 15.9 Å². The van der Waals surface area contributed by atoms with Crippen molar-refractivity contribution in [3.8, 4) is 0 Å². The molecule has 0 spiro atoms. The highest BCUT2D eigenvalue weighted by molar-refractivity contribution is 9.09. The average Bonchev–Trinajstić information content (AvgIpc) is 2.47. The van der Waals surface area contributed by atoms with Gasteiger partial charge in [0, 0.05) is 38.1 Å². The molecule has 3 nitrogen and oxygen atoms in total. The molecule has 1 aromatic rings. The molecular weight excluding hydrogens is 349 g/mol. The van der Waals surface area contributed by atoms with Crippen molar-refractivity contribution in [1.29, 1.82) is 0 Å². The van der Waals surface area contributed by atoms with E-state index in [4.69, 9.17) is 0 Å². The first kappa shape index (κ1) is 16.3. The van der Waals surface area contributed by atoms with Crippen molar-refractivity contribution in [3.63, 3.8) is 0 Å². The van der Waals surface area contributed by atoms with Gasteiger partial charge >= 0.3 is 6.18 Å². The molecule has 0 saturated carbocycles. The zero-order valence-electron chi connectivity index (χ0n) is 11.4. The van der Waals surface area contributed by atoms with Gasteiger partial charge in [-0.3, -0.25) is 9.69 Å². The second kappa shape index (κ2) is 6.79. The summed E-state index contributed by atoms with van der Waals surface area (Å²) < 4.78 is 38.9. The third-order valence-electron chi connectivity index (χ3n) is 3.52. The zero-order chi connectivity index (χ0) is 15.5. The van der Waals surface area contributed by atoms with Gasteiger partial charge in [-0.2, -0.15) is 13.2 Å². The average molecular weight is 365 g/mol. The number of hydrogen-bond donors (Lipinski definition) is 0. The molecule has 0 bridgehead atoms. The van der Waals surface area contributed by atoms with E-state index in [-0.39, 0.29) is 5.56 Å². The largest absolute Gasteiger partial charge is 0.417 e. The third kappa shape index (κ3) is 3.97. The molecule has 0 aromatic heterocycles. The first-order valence-corrected chi connectivity index (χ1v) is 7.79. The van der Waals surface area contributed by atoms with Crippen LogP contribution in [0.5, 0.6) is 0 Å². The summed E-state index contributed by atoms with van der Waals surface area (Å²) in [5.41, 5.74) is -1.13. The second-order valence-corrected chi connectivity index (χ2v) is 5.66. The molecule has 7 heteroatoms. The number of alkyl halides is 4. The molecule has 1 aromatic carbocycles. The quantitative estimate of drug-likeness (QED) is 0.770. The topological polar surface area (TPSA) is 23.6 Å². The van der Waals surface area contributed by atoms with Crippen LogP contribution in [0.15, 0.2) is 24.3 Å². The van der Waals surface area contributed by atoms with Crippen LogP contribution in [0.2, 0.25) is 0 Å². The minimum atomic E-state index is -4.51. The van der Waals surface area contributed by atoms with Crippen molar-refractivity contribution < 1.29 is 18.0 Å². The monoisotopic (exact) mass is 364 g/mol. The number of carbonyl (C=O) groups excluding carboxylic acids is 1. The van der Waals surface area contributed by atoms with Crippen molar-refractivity contribution in [1.82, 2.24) is 9.80 Å². The number of halogens is 4. The van der Waals surface area contributed by atoms with E-state index in [2.05, 4.69) is 20.8 Å². The van der Waals surface area contributed by atoms with Crippen LogP contribution in [-0.4, -0.2) is 53.8 Å². The van der Waals surface area contributed by atoms with E-state index in [1.54, 1.807) is 0 Å². The predicted molar refractivity (Wildman–Crippen MR) is 77.6 cm³/mol. The van der Waals surface area contributed by atoms with Crippen LogP contribution < -0.4 is 0 Å². The number of carbonyl (C=O) groups is 1. The minimum absolute atomic E-state index is 0.265. The van der Waals surface area contributed by atoms with Crippen LogP contribution in [0.4, 0.5) is 13.2 Å². The molecule has 21 heavy (non-hydrogen) atoms. The molecule has 1 saturated heterocycles. The molecule has 1 aliphatic rings. The Morgan fingerprint density at radius 2 is 1.76 bits per heavy atom. The maximum atomic E-state index is 13.0. The van der Waals surface area contributed by atoms with E-state index in [0.717, 1.165) is 17.9 Å². The molecule has 0 radical (unpaired) electrons. The Hall–Kier alpha value is -1.08. The zero-order valence-corrected chi connectivity index (χ0v) is 13.0. The van der Waals surface area contributed by atoms with Gasteiger partial charge in [0.05, 0.1) is 11.1 Å². The maximum absolute atomic E-state index is 13.0. The lowest BCUT2D eigenvalue weighted by Gasteiger charge is -2.34. The van der Waals surface area contributed by atoms with Gasteiger partial charge in [-0.05, 0) is 12.1 Å². The minimum Gasteiger partial charge on any atom is -0.336 e. The fourth-order valence-corrected chi connectivity index (χ4v) is 2.88. The highest BCUT2D eigenvalue weighted by atomic mass is 79.9. The second-order valence-electron chi connectivity index (χ2n) is 4.87. The van der Waals surface area contributed by atoms with E-state index < -0.39 is 17.6 Å². The molecule has 116 valence electrons. The molecule has 1 amide bonds. The summed E-state index contributed by atoms with van der Waals surface area (Å²) in [6.45, 7) is 3.16. The first-order valence-electron chi connectivity index (χ1n) is 6.67. The molecule has 0 N–H and O–H groups in total. The van der Waals surface area contributed by atoms with E-state index >= 15 is 0 Å². The van der Waals surface area contributed by atoms with Gasteiger partial charge in [-0.15, -0.1) is 0 Å². The van der Waals surface area contributed by atoms with Crippen molar-refractivity contribution in [2.75, 3.05) is 38.1 Å². The summed E-state index contributed by atoms with van der Waals surface area (Å²) in [6, 6.07) is 4.96. The van der Waals surface area contributed by atoms with Crippen LogP contribution in [0.3, 0.4) is 0 Å². The number of amides is 1. The summed E-state index contributed by atoms with van der Waals surface area (Å²) >= 11 is 3.35. The Labute approximate surface area is 129 Å². The third-order valence-corrected chi connectivity index (χ3v) is 3.88. The first-order chi connectivity index (χ1) is 9.93. The van der Waals surface area contributed by atoms with E-state index in [9.17, 15) is 18.0 Å². The lowest BCUT2D eigenvalue weighted by Crippen LogP contribution is -2.49. The Morgan fingerprint density at radius 3 is 2.33 bits per heavy atom. The SMILES string of the molecule is O=C(c1ccccc1C(F)(F)F)N1CCN(CCBr)CC1. The number of nitrogens with zero attached hydrogens (tertiary/aromatic N) is 2. The summed E-state index contributed by atoms with van der Waals surface area (Å²) in [5.74, 6) is -0.540. The van der Waals surface area contributed by atoms with Crippen molar-refractivity contribution in [2.45, 2.75) is 6.18 Å². The van der Waals surface area contributed by atoms with Gasteiger partial charge in [0.25, 0.3) is 5.91 Å². The Kier molecular flexibility index (Phi) is 5.27. The van der Waals surface area contributed by atoms with Crippen LogP contribution in [0.25, 0.3) is 0 Å². The van der Waals surface area contributed by atoms with Crippen molar-refractivity contribution in [2.24, 2.45) is 0 Å². The van der Waals surface area contributed by atoms with E-state index in [0.29, 0.717) is 26.2 Å². The predicted octanol–water partition coefficient (Wildman–Crippen LogP) is 2.86. The highest BCUT2D eigenvalue weighted by Crippen LogP contribution is 2.32. The molecule has 1 heterocycles. The normalized spacial score (nSPS) is 17.0. The molecule has 2 rings (SSSR count). The molecule has 0 unspecified atom stereocenters. The fraction of sp³-hybridized carbons (Fsp3) is 0.500. The number of benzene rings is 1. The lowest BCUT2D eigenvalue weighted by atomic mass is 10.1. The Morgan fingerprint density at radius 1 is 1.14 bits per heavy atom. The van der Waals surface area contributed by atoms with Gasteiger partial charge in [-0.1, -0.05) is 28.1 Å². The van der Waals surface area contributed by atoms with Gasteiger partial charge < -0.3 is 4.90 Å². The highest BCUT2D eigenvalue weighted by Gasteiger charge is 2.36. The lowest BCUT2D eigenvalue weighted by molar-refractivity contribution is -0.138. The van der Waals surface area contributed by atoms with Gasteiger partial charge in [0.1, 0.15) is 0 Å². The van der Waals surface area contributed by atoms with Crippen LogP contribution >= 0.6 is 15.9 Å². The van der Waals surface area contributed by atoms with Crippen LogP contribution in [-0.2, 0) is 6.18 Å². The fourth-order valence-electron chi connectivity index (χ4n) is 2.38. The van der Waals surface area contributed by atoms with Gasteiger partial charge in [0.2, 0.25) is 0 Å². The number of hydrogen-bond acceptors (Lipinski definition) is 2. The van der Waals surface area contributed by atoms with Crippen molar-refractivity contribution >= 4 is 21.8 Å². The summed E-state index contributed by atoms with van der Waals surface area (Å²) in [7, 11) is 0. The van der Waals surface area contributed by atoms with Gasteiger partial charge in [0.15, 0.2) is 0 Å². The van der Waals surface area contributed by atoms with E-state index in [1.165, 1.54) is 23.1 Å². The summed E-state index contributed by atoms with van der Waals surface area (Å²) in [6.07, 6.45) is -4.51. The molecule has 0 aliphatic carbocycles. The molecule has 1 aliphatic heterocycles. The van der Waals surface area contributed by atoms with Crippen molar-refractivity contribution in [3.05, 3.63) is 35.4 Å². The summed E-state index contributed by atoms with van der Waals surface area (Å²) in [5, 5.41) is 0.845. The summed E-state index contributed by atoms with van der Waals surface area (Å²) in [4.78, 5) is 16.0. The van der Waals surface area contributed by atoms with Crippen LogP contribution in [0, 0.1) is 0 Å². The Balaban J connectivity index is 2.12. The Bertz CT molecular complexity index is 499. The smallest absolute Gasteiger partial charge is 0.336 e. The van der Waals surface area contributed by atoms with E-state index in [1.807, 2.05) is 0 Å². The molecule has 1 fully saturated rings. The van der Waals surface area contributed by atoms with Gasteiger partial charge in [-0.25, -0.2) is 0 Å². The standard InChI is InChI=1S/C14H16BrF3N2O/c15-5-6-19-7-9-20(10-8-19)13(21)11-3-1-2-4-12(11)14(16,17)18/h1-4H,5-10H2. The number of rotatable bonds is 3.